The topological polar surface area (TPSA) is 30.5 Å². The monoisotopic (exact) mass is 247 g/mol. The Kier molecular flexibility index (Phi) is 3.14. The molecule has 1 saturated heterocycles. The van der Waals surface area contributed by atoms with Crippen molar-refractivity contribution >= 4 is 0 Å². The first kappa shape index (κ1) is 12.2. The average molecular weight is 247 g/mol. The van der Waals surface area contributed by atoms with E-state index >= 15 is 0 Å². The second kappa shape index (κ2) is 4.65. The quantitative estimate of drug-likeness (QED) is 0.888. The van der Waals surface area contributed by atoms with Crippen LogP contribution in [0.25, 0.3) is 0 Å². The third-order valence-corrected chi connectivity index (χ3v) is 4.04. The third kappa shape index (κ3) is 2.07. The molecule has 18 heavy (non-hydrogen) atoms. The van der Waals surface area contributed by atoms with Gasteiger partial charge in [-0.2, -0.15) is 0 Å². The van der Waals surface area contributed by atoms with Gasteiger partial charge in [-0.3, -0.25) is 0 Å². The number of fused-ring (bicyclic) bond motifs is 4. The third-order valence-electron chi connectivity index (χ3n) is 4.04. The van der Waals surface area contributed by atoms with Gasteiger partial charge in [0.1, 0.15) is 0 Å². The summed E-state index contributed by atoms with van der Waals surface area (Å²) in [4.78, 5) is 0. The van der Waals surface area contributed by atoms with Crippen molar-refractivity contribution in [1.29, 1.82) is 0 Å². The average Bonchev–Trinajstić information content (AvgIpc) is 2.35. The highest BCUT2D eigenvalue weighted by Crippen LogP contribution is 2.43. The molecule has 0 saturated carbocycles. The molecule has 2 aliphatic rings. The van der Waals surface area contributed by atoms with Crippen molar-refractivity contribution in [2.75, 3.05) is 13.6 Å². The van der Waals surface area contributed by atoms with E-state index in [1.54, 1.807) is 0 Å². The maximum absolute atomic E-state index is 6.10. The molecule has 1 aromatic carbocycles. The summed E-state index contributed by atoms with van der Waals surface area (Å²) >= 11 is 0. The van der Waals surface area contributed by atoms with Crippen LogP contribution in [0.5, 0.6) is 0 Å². The first-order valence-corrected chi connectivity index (χ1v) is 6.77. The zero-order chi connectivity index (χ0) is 12.6. The van der Waals surface area contributed by atoms with Crippen LogP contribution in [-0.2, 0) is 21.5 Å². The van der Waals surface area contributed by atoms with Gasteiger partial charge in [0.15, 0.2) is 6.29 Å². The Morgan fingerprint density at radius 3 is 3.06 bits per heavy atom. The van der Waals surface area contributed by atoms with Crippen LogP contribution in [0.3, 0.4) is 0 Å². The molecule has 3 nitrogen and oxygen atoms in total. The Morgan fingerprint density at radius 2 is 2.22 bits per heavy atom. The lowest BCUT2D eigenvalue weighted by molar-refractivity contribution is -0.289. The van der Waals surface area contributed by atoms with E-state index in [0.29, 0.717) is 6.10 Å². The maximum atomic E-state index is 6.10. The molecule has 2 heterocycles. The normalized spacial score (nSPS) is 34.1. The molecule has 1 N–H and O–H groups in total. The maximum Gasteiger partial charge on any atom is 0.163 e. The molecule has 3 rings (SSSR count). The minimum Gasteiger partial charge on any atom is -0.349 e. The van der Waals surface area contributed by atoms with Gasteiger partial charge in [0.25, 0.3) is 0 Å². The smallest absolute Gasteiger partial charge is 0.163 e. The van der Waals surface area contributed by atoms with Gasteiger partial charge in [0.05, 0.1) is 11.7 Å². The van der Waals surface area contributed by atoms with Gasteiger partial charge >= 0.3 is 0 Å². The van der Waals surface area contributed by atoms with E-state index in [2.05, 4.69) is 36.5 Å². The van der Waals surface area contributed by atoms with Gasteiger partial charge in [-0.25, -0.2) is 0 Å². The summed E-state index contributed by atoms with van der Waals surface area (Å²) < 4.78 is 12.1. The largest absolute Gasteiger partial charge is 0.349 e. The minimum absolute atomic E-state index is 0.0690. The number of rotatable bonds is 3. The molecule has 1 fully saturated rings. The number of ether oxygens (including phenoxy) is 2. The zero-order valence-corrected chi connectivity index (χ0v) is 11.1. The summed E-state index contributed by atoms with van der Waals surface area (Å²) in [6.07, 6.45) is 3.10. The van der Waals surface area contributed by atoms with Crippen molar-refractivity contribution < 1.29 is 9.47 Å². The molecule has 3 heteroatoms. The van der Waals surface area contributed by atoms with Crippen LogP contribution < -0.4 is 5.32 Å². The number of benzene rings is 1. The number of hydrogen-bond donors (Lipinski definition) is 1. The van der Waals surface area contributed by atoms with Crippen LogP contribution >= 0.6 is 0 Å². The van der Waals surface area contributed by atoms with E-state index in [4.69, 9.17) is 9.47 Å². The Labute approximate surface area is 108 Å². The fourth-order valence-electron chi connectivity index (χ4n) is 3.20. The second-order valence-corrected chi connectivity index (χ2v) is 5.49. The molecule has 0 radical (unpaired) electrons. The zero-order valence-electron chi connectivity index (χ0n) is 11.1. The van der Waals surface area contributed by atoms with Crippen LogP contribution in [0.4, 0.5) is 0 Å². The van der Waals surface area contributed by atoms with E-state index in [0.717, 1.165) is 25.8 Å². The van der Waals surface area contributed by atoms with Gasteiger partial charge in [0.2, 0.25) is 0 Å². The molecule has 3 atom stereocenters. The van der Waals surface area contributed by atoms with Crippen molar-refractivity contribution in [3.05, 3.63) is 35.4 Å². The van der Waals surface area contributed by atoms with Crippen LogP contribution in [0.15, 0.2) is 24.3 Å². The van der Waals surface area contributed by atoms with Gasteiger partial charge < -0.3 is 14.8 Å². The van der Waals surface area contributed by atoms with Gasteiger partial charge in [-0.1, -0.05) is 24.3 Å². The molecule has 0 amide bonds. The van der Waals surface area contributed by atoms with Crippen LogP contribution in [0.1, 0.15) is 30.9 Å². The highest BCUT2D eigenvalue weighted by molar-refractivity contribution is 5.35. The van der Waals surface area contributed by atoms with E-state index in [1.807, 2.05) is 7.05 Å². The lowest BCUT2D eigenvalue weighted by Crippen LogP contribution is -2.49. The Hall–Kier alpha value is -0.900. The fraction of sp³-hybridized carbons (Fsp3) is 0.600. The Morgan fingerprint density at radius 1 is 1.39 bits per heavy atom. The van der Waals surface area contributed by atoms with Gasteiger partial charge in [0, 0.05) is 12.8 Å². The van der Waals surface area contributed by atoms with Gasteiger partial charge in [-0.15, -0.1) is 0 Å². The molecule has 0 unspecified atom stereocenters. The first-order valence-electron chi connectivity index (χ1n) is 6.77. The molecule has 2 bridgehead atoms. The van der Waals surface area contributed by atoms with Crippen molar-refractivity contribution in [2.24, 2.45) is 0 Å². The summed E-state index contributed by atoms with van der Waals surface area (Å²) in [5, 5.41) is 3.19. The Balaban J connectivity index is 1.86. The molecule has 1 aromatic rings. The molecule has 2 aliphatic heterocycles. The molecular formula is C15H21NO2. The van der Waals surface area contributed by atoms with Crippen LogP contribution in [0.2, 0.25) is 0 Å². The number of hydrogen-bond acceptors (Lipinski definition) is 3. The van der Waals surface area contributed by atoms with Crippen molar-refractivity contribution in [1.82, 2.24) is 5.32 Å². The lowest BCUT2D eigenvalue weighted by atomic mass is 9.81. The molecule has 0 aromatic heterocycles. The Bertz CT molecular complexity index is 434. The fourth-order valence-corrected chi connectivity index (χ4v) is 3.20. The summed E-state index contributed by atoms with van der Waals surface area (Å²) in [5.74, 6) is 0. The van der Waals surface area contributed by atoms with E-state index in [-0.39, 0.29) is 11.9 Å². The highest BCUT2D eigenvalue weighted by Gasteiger charge is 2.44. The standard InChI is InChI=1S/C15H21NO2/c1-15-10-12(7-8-16-2)17-14(18-15)9-11-5-3-4-6-13(11)15/h3-6,12,14,16H,7-10H2,1-2H3/t12-,14-,15-/m0/s1. The summed E-state index contributed by atoms with van der Waals surface area (Å²) in [6.45, 7) is 3.20. The first-order chi connectivity index (χ1) is 8.71. The SMILES string of the molecule is CNCC[C@H]1C[C@]2(C)O[C@@H](Cc3ccccc32)O1. The van der Waals surface area contributed by atoms with Crippen LogP contribution in [0, 0.1) is 0 Å². The second-order valence-electron chi connectivity index (χ2n) is 5.49. The molecule has 0 aliphatic carbocycles. The van der Waals surface area contributed by atoms with E-state index in [1.165, 1.54) is 11.1 Å². The lowest BCUT2D eigenvalue weighted by Gasteiger charge is -2.47. The number of nitrogens with one attached hydrogen (secondary N) is 1. The summed E-state index contributed by atoms with van der Waals surface area (Å²) in [5.41, 5.74) is 2.55. The minimum atomic E-state index is -0.170. The van der Waals surface area contributed by atoms with E-state index in [9.17, 15) is 0 Å². The van der Waals surface area contributed by atoms with Crippen molar-refractivity contribution in [3.63, 3.8) is 0 Å². The summed E-state index contributed by atoms with van der Waals surface area (Å²) in [6, 6.07) is 8.60. The van der Waals surface area contributed by atoms with E-state index < -0.39 is 0 Å². The molecule has 0 spiro atoms. The van der Waals surface area contributed by atoms with Crippen LogP contribution in [-0.4, -0.2) is 26.0 Å². The summed E-state index contributed by atoms with van der Waals surface area (Å²) in [7, 11) is 1.98. The molecule has 98 valence electrons. The predicted octanol–water partition coefficient (Wildman–Crippen LogP) is 2.20. The molecular weight excluding hydrogens is 226 g/mol. The highest BCUT2D eigenvalue weighted by atomic mass is 16.7. The van der Waals surface area contributed by atoms with Crippen molar-refractivity contribution in [3.8, 4) is 0 Å². The van der Waals surface area contributed by atoms with Crippen molar-refractivity contribution in [2.45, 2.75) is 44.2 Å². The van der Waals surface area contributed by atoms with Gasteiger partial charge in [-0.05, 0) is 38.1 Å². The predicted molar refractivity (Wildman–Crippen MR) is 70.4 cm³/mol.